The molecule has 74 valence electrons. The first-order valence-electron chi connectivity index (χ1n) is 4.10. The third-order valence-corrected chi connectivity index (χ3v) is 8.44. The van der Waals surface area contributed by atoms with Crippen LogP contribution in [0.25, 0.3) is 0 Å². The van der Waals surface area contributed by atoms with Gasteiger partial charge < -0.3 is 0 Å². The molecule has 12 heavy (non-hydrogen) atoms. The van der Waals surface area contributed by atoms with Crippen molar-refractivity contribution in [2.24, 2.45) is 3.39 Å². The van der Waals surface area contributed by atoms with Crippen LogP contribution in [0.2, 0.25) is 0 Å². The molecule has 0 saturated heterocycles. The molecule has 0 aromatic heterocycles. The number of alkyl halides is 2. The van der Waals surface area contributed by atoms with Crippen molar-refractivity contribution in [3.8, 4) is 0 Å². The SMILES string of the molecule is CCC(CC)([I-]N=O)C(C)(C)I. The van der Waals surface area contributed by atoms with Crippen LogP contribution < -0.4 is 21.5 Å². The Balaban J connectivity index is 4.68. The normalized spacial score (nSPS) is 13.4. The summed E-state index contributed by atoms with van der Waals surface area (Å²) in [4.78, 5) is 10.4. The van der Waals surface area contributed by atoms with Gasteiger partial charge in [-0.15, -0.1) is 0 Å². The van der Waals surface area contributed by atoms with Crippen LogP contribution in [0.5, 0.6) is 0 Å². The van der Waals surface area contributed by atoms with Gasteiger partial charge in [0, 0.05) is 0 Å². The summed E-state index contributed by atoms with van der Waals surface area (Å²) in [6.07, 6.45) is 2.14. The third-order valence-electron chi connectivity index (χ3n) is 2.38. The predicted octanol–water partition coefficient (Wildman–Crippen LogP) is 0.529. The van der Waals surface area contributed by atoms with Gasteiger partial charge in [0.1, 0.15) is 0 Å². The molecule has 0 saturated carbocycles. The van der Waals surface area contributed by atoms with Crippen molar-refractivity contribution in [3.63, 3.8) is 0 Å². The quantitative estimate of drug-likeness (QED) is 0.379. The summed E-state index contributed by atoms with van der Waals surface area (Å²) in [5, 5.41) is 0. The Morgan fingerprint density at radius 3 is 1.83 bits per heavy atom. The van der Waals surface area contributed by atoms with Gasteiger partial charge >= 0.3 is 99.7 Å². The minimum atomic E-state index is -0.553. The first-order chi connectivity index (χ1) is 5.43. The second-order valence-electron chi connectivity index (χ2n) is 3.30. The fraction of sp³-hybridized carbons (Fsp3) is 1.00. The number of nitroso groups, excluding NO2 is 1. The molecule has 0 aromatic carbocycles. The van der Waals surface area contributed by atoms with E-state index in [4.69, 9.17) is 0 Å². The van der Waals surface area contributed by atoms with E-state index in [1.807, 2.05) is 0 Å². The monoisotopic (exact) mass is 396 g/mol. The van der Waals surface area contributed by atoms with Crippen molar-refractivity contribution in [1.82, 2.24) is 0 Å². The zero-order valence-electron chi connectivity index (χ0n) is 8.03. The van der Waals surface area contributed by atoms with Crippen LogP contribution in [0.4, 0.5) is 0 Å². The first-order valence-corrected chi connectivity index (χ1v) is 7.22. The van der Waals surface area contributed by atoms with E-state index in [0.29, 0.717) is 0 Å². The second-order valence-corrected chi connectivity index (χ2v) is 8.94. The molecule has 0 amide bonds. The zero-order chi connectivity index (χ0) is 9.83. The molecule has 0 aliphatic carbocycles. The average molecular weight is 396 g/mol. The molecule has 0 bridgehead atoms. The molecule has 0 heterocycles. The Bertz CT molecular complexity index is 150. The van der Waals surface area contributed by atoms with Crippen molar-refractivity contribution < 1.29 is 21.5 Å². The number of hydrogen-bond donors (Lipinski definition) is 0. The third kappa shape index (κ3) is 2.78. The van der Waals surface area contributed by atoms with Crippen LogP contribution in [0.3, 0.4) is 0 Å². The Hall–Kier alpha value is 1.06. The summed E-state index contributed by atoms with van der Waals surface area (Å²) in [5.41, 5.74) is 0. The molecule has 0 N–H and O–H groups in total. The summed E-state index contributed by atoms with van der Waals surface area (Å²) in [6, 6.07) is 0. The van der Waals surface area contributed by atoms with Crippen LogP contribution in [-0.2, 0) is 0 Å². The Labute approximate surface area is 99.0 Å². The number of hydrogen-bond acceptors (Lipinski definition) is 2. The fourth-order valence-corrected chi connectivity index (χ4v) is 4.38. The van der Waals surface area contributed by atoms with Gasteiger partial charge in [-0.2, -0.15) is 0 Å². The molecule has 0 atom stereocenters. The van der Waals surface area contributed by atoms with Gasteiger partial charge in [-0.1, -0.05) is 0 Å². The Morgan fingerprint density at radius 1 is 1.33 bits per heavy atom. The van der Waals surface area contributed by atoms with Gasteiger partial charge in [-0.3, -0.25) is 0 Å². The van der Waals surface area contributed by atoms with Crippen LogP contribution in [0, 0.1) is 4.91 Å². The van der Waals surface area contributed by atoms with Crippen molar-refractivity contribution in [3.05, 3.63) is 4.91 Å². The minimum absolute atomic E-state index is 0.189. The molecule has 0 aromatic rings. The van der Waals surface area contributed by atoms with Crippen LogP contribution in [0.15, 0.2) is 3.39 Å². The van der Waals surface area contributed by atoms with E-state index in [1.165, 1.54) is 0 Å². The van der Waals surface area contributed by atoms with E-state index in [1.54, 1.807) is 0 Å². The molecule has 0 rings (SSSR count). The van der Waals surface area contributed by atoms with Crippen LogP contribution in [-0.4, -0.2) is 6.84 Å². The van der Waals surface area contributed by atoms with Gasteiger partial charge in [0.25, 0.3) is 0 Å². The van der Waals surface area contributed by atoms with E-state index < -0.39 is 21.5 Å². The molecule has 0 radical (unpaired) electrons. The standard InChI is InChI=1S/C8H16I2NO/c1-5-8(6-2,10-11-12)7(3,4)9/h5-6H2,1-4H3/q-1. The molecule has 0 unspecified atom stereocenters. The maximum atomic E-state index is 10.4. The number of rotatable bonds is 5. The van der Waals surface area contributed by atoms with Gasteiger partial charge in [0.15, 0.2) is 0 Å². The first kappa shape index (κ1) is 13.1. The zero-order valence-corrected chi connectivity index (χ0v) is 12.3. The van der Waals surface area contributed by atoms with E-state index in [0.717, 1.165) is 12.8 Å². The summed E-state index contributed by atoms with van der Waals surface area (Å²) in [7, 11) is 0. The van der Waals surface area contributed by atoms with Crippen molar-refractivity contribution in [2.75, 3.05) is 0 Å². The van der Waals surface area contributed by atoms with Gasteiger partial charge in [-0.25, -0.2) is 0 Å². The van der Waals surface area contributed by atoms with Crippen molar-refractivity contribution >= 4 is 22.6 Å². The second kappa shape index (κ2) is 5.07. The van der Waals surface area contributed by atoms with Gasteiger partial charge in [-0.05, 0) is 0 Å². The average Bonchev–Trinajstić information content (AvgIpc) is 1.98. The molecule has 2 nitrogen and oxygen atoms in total. The molecule has 0 fully saturated rings. The van der Waals surface area contributed by atoms with Gasteiger partial charge in [0.05, 0.1) is 0 Å². The van der Waals surface area contributed by atoms with E-state index >= 15 is 0 Å². The summed E-state index contributed by atoms with van der Waals surface area (Å²) >= 11 is 1.89. The fourth-order valence-electron chi connectivity index (χ4n) is 1.38. The molecular formula is C8H16I2NO-. The van der Waals surface area contributed by atoms with E-state index in [-0.39, 0.29) is 6.84 Å². The van der Waals surface area contributed by atoms with Gasteiger partial charge in [0.2, 0.25) is 0 Å². The summed E-state index contributed by atoms with van der Waals surface area (Å²) in [5.74, 6) is 0. The van der Waals surface area contributed by atoms with Crippen molar-refractivity contribution in [2.45, 2.75) is 47.4 Å². The summed E-state index contributed by atoms with van der Waals surface area (Å²) in [6.45, 7) is 8.72. The molecule has 4 heteroatoms. The topological polar surface area (TPSA) is 29.4 Å². The Morgan fingerprint density at radius 2 is 1.75 bits per heavy atom. The van der Waals surface area contributed by atoms with E-state index in [9.17, 15) is 4.91 Å². The molecule has 0 aliphatic rings. The van der Waals surface area contributed by atoms with Crippen LogP contribution in [0.1, 0.15) is 40.5 Å². The van der Waals surface area contributed by atoms with E-state index in [2.05, 4.69) is 53.7 Å². The predicted molar refractivity (Wildman–Crippen MR) is 57.2 cm³/mol. The number of halogens is 2. The molecule has 0 spiro atoms. The number of nitrogens with zero attached hydrogens (tertiary/aromatic N) is 1. The molecule has 0 aliphatic heterocycles. The van der Waals surface area contributed by atoms with Crippen molar-refractivity contribution in [1.29, 1.82) is 0 Å². The Kier molecular flexibility index (Phi) is 5.52. The van der Waals surface area contributed by atoms with Crippen LogP contribution >= 0.6 is 22.6 Å². The summed E-state index contributed by atoms with van der Waals surface area (Å²) < 4.78 is 3.55. The molecular weight excluding hydrogens is 380 g/mol. The maximum absolute atomic E-state index is 10.4.